The Balaban J connectivity index is 2.03. The van der Waals surface area contributed by atoms with Crippen molar-refractivity contribution < 1.29 is 4.79 Å². The highest BCUT2D eigenvalue weighted by Crippen LogP contribution is 2.15. The SMILES string of the molecule is CCCCCNC(=O)N1CC1C#N. The lowest BCUT2D eigenvalue weighted by Gasteiger charge is -2.04. The molecule has 4 nitrogen and oxygen atoms in total. The molecule has 1 rings (SSSR count). The van der Waals surface area contributed by atoms with Crippen LogP contribution in [0.15, 0.2) is 0 Å². The van der Waals surface area contributed by atoms with E-state index in [0.717, 1.165) is 25.8 Å². The Kier molecular flexibility index (Phi) is 3.56. The number of urea groups is 1. The van der Waals surface area contributed by atoms with Gasteiger partial charge in [0, 0.05) is 6.54 Å². The topological polar surface area (TPSA) is 55.9 Å². The van der Waals surface area contributed by atoms with Gasteiger partial charge in [0.25, 0.3) is 0 Å². The first-order chi connectivity index (χ1) is 6.29. The van der Waals surface area contributed by atoms with Gasteiger partial charge in [-0.15, -0.1) is 0 Å². The summed E-state index contributed by atoms with van der Waals surface area (Å²) in [5.74, 6) is 0. The van der Waals surface area contributed by atoms with Crippen molar-refractivity contribution >= 4 is 6.03 Å². The summed E-state index contributed by atoms with van der Waals surface area (Å²) in [6.45, 7) is 3.44. The Bertz CT molecular complexity index is 221. The van der Waals surface area contributed by atoms with Gasteiger partial charge in [-0.2, -0.15) is 5.26 Å². The van der Waals surface area contributed by atoms with E-state index in [-0.39, 0.29) is 12.1 Å². The zero-order chi connectivity index (χ0) is 9.68. The van der Waals surface area contributed by atoms with Crippen LogP contribution in [0.25, 0.3) is 0 Å². The number of carbonyl (C=O) groups is 1. The summed E-state index contributed by atoms with van der Waals surface area (Å²) in [5.41, 5.74) is 0. The minimum Gasteiger partial charge on any atom is -0.338 e. The van der Waals surface area contributed by atoms with Crippen LogP contribution in [-0.4, -0.2) is 30.1 Å². The van der Waals surface area contributed by atoms with Gasteiger partial charge in [0.05, 0.1) is 12.6 Å². The minimum atomic E-state index is -0.175. The van der Waals surface area contributed by atoms with Gasteiger partial charge in [0.15, 0.2) is 0 Å². The number of unbranched alkanes of at least 4 members (excludes halogenated alkanes) is 2. The molecule has 0 bridgehead atoms. The highest BCUT2D eigenvalue weighted by Gasteiger charge is 2.38. The Morgan fingerprint density at radius 1 is 1.69 bits per heavy atom. The summed E-state index contributed by atoms with van der Waals surface area (Å²) in [6.07, 6.45) is 3.32. The average molecular weight is 181 g/mol. The molecule has 13 heavy (non-hydrogen) atoms. The highest BCUT2D eigenvalue weighted by molar-refractivity contribution is 5.77. The molecule has 1 atom stereocenters. The molecule has 1 aliphatic rings. The van der Waals surface area contributed by atoms with Gasteiger partial charge in [0.2, 0.25) is 0 Å². The second kappa shape index (κ2) is 4.70. The molecule has 2 amide bonds. The molecule has 1 unspecified atom stereocenters. The van der Waals surface area contributed by atoms with Crippen LogP contribution in [0.3, 0.4) is 0 Å². The predicted molar refractivity (Wildman–Crippen MR) is 49.0 cm³/mol. The summed E-state index contributed by atoms with van der Waals surface area (Å²) < 4.78 is 0. The van der Waals surface area contributed by atoms with E-state index in [2.05, 4.69) is 12.2 Å². The van der Waals surface area contributed by atoms with E-state index in [9.17, 15) is 4.79 Å². The van der Waals surface area contributed by atoms with Gasteiger partial charge in [0.1, 0.15) is 6.04 Å². The second-order valence-corrected chi connectivity index (χ2v) is 3.24. The lowest BCUT2D eigenvalue weighted by molar-refractivity contribution is 0.228. The number of rotatable bonds is 4. The maximum atomic E-state index is 11.2. The Morgan fingerprint density at radius 3 is 3.00 bits per heavy atom. The summed E-state index contributed by atoms with van der Waals surface area (Å²) in [4.78, 5) is 12.7. The smallest absolute Gasteiger partial charge is 0.318 e. The number of nitrogens with one attached hydrogen (secondary N) is 1. The molecule has 0 aromatic carbocycles. The standard InChI is InChI=1S/C9H15N3O/c1-2-3-4-5-11-9(13)12-7-8(12)6-10/h8H,2-5,7H2,1H3,(H,11,13). The molecule has 1 saturated heterocycles. The maximum absolute atomic E-state index is 11.2. The van der Waals surface area contributed by atoms with Gasteiger partial charge < -0.3 is 10.2 Å². The molecular formula is C9H15N3O. The van der Waals surface area contributed by atoms with Crippen molar-refractivity contribution in [3.05, 3.63) is 0 Å². The van der Waals surface area contributed by atoms with Crippen molar-refractivity contribution in [2.75, 3.05) is 13.1 Å². The highest BCUT2D eigenvalue weighted by atomic mass is 16.2. The van der Waals surface area contributed by atoms with Crippen LogP contribution in [0.4, 0.5) is 4.79 Å². The maximum Gasteiger partial charge on any atom is 0.318 e. The molecule has 0 radical (unpaired) electrons. The first-order valence-corrected chi connectivity index (χ1v) is 4.73. The zero-order valence-electron chi connectivity index (χ0n) is 7.92. The van der Waals surface area contributed by atoms with Crippen LogP contribution in [0.2, 0.25) is 0 Å². The monoisotopic (exact) mass is 181 g/mol. The fourth-order valence-corrected chi connectivity index (χ4v) is 1.15. The van der Waals surface area contributed by atoms with Crippen LogP contribution in [0, 0.1) is 11.3 Å². The molecule has 72 valence electrons. The summed E-state index contributed by atoms with van der Waals surface area (Å²) in [5, 5.41) is 11.2. The number of carbonyl (C=O) groups excluding carboxylic acids is 1. The van der Waals surface area contributed by atoms with Crippen molar-refractivity contribution in [3.63, 3.8) is 0 Å². The van der Waals surface area contributed by atoms with Crippen LogP contribution in [0.5, 0.6) is 0 Å². The van der Waals surface area contributed by atoms with Gasteiger partial charge >= 0.3 is 6.03 Å². The van der Waals surface area contributed by atoms with E-state index >= 15 is 0 Å². The number of hydrogen-bond donors (Lipinski definition) is 1. The summed E-state index contributed by atoms with van der Waals surface area (Å²) >= 11 is 0. The number of amides is 2. The van der Waals surface area contributed by atoms with Crippen LogP contribution in [0.1, 0.15) is 26.2 Å². The molecule has 0 aliphatic carbocycles. The third-order valence-corrected chi connectivity index (χ3v) is 2.08. The Labute approximate surface area is 78.5 Å². The van der Waals surface area contributed by atoms with Crippen LogP contribution >= 0.6 is 0 Å². The van der Waals surface area contributed by atoms with Crippen molar-refractivity contribution in [2.24, 2.45) is 0 Å². The van der Waals surface area contributed by atoms with Gasteiger partial charge in [-0.25, -0.2) is 4.79 Å². The number of nitrogens with zero attached hydrogens (tertiary/aromatic N) is 2. The molecule has 0 aromatic rings. The minimum absolute atomic E-state index is 0.0948. The van der Waals surface area contributed by atoms with E-state index in [1.165, 1.54) is 4.90 Å². The van der Waals surface area contributed by atoms with Crippen LogP contribution in [-0.2, 0) is 0 Å². The van der Waals surface area contributed by atoms with Crippen molar-refractivity contribution in [1.29, 1.82) is 5.26 Å². The lowest BCUT2D eigenvalue weighted by Crippen LogP contribution is -2.30. The van der Waals surface area contributed by atoms with E-state index in [4.69, 9.17) is 5.26 Å². The second-order valence-electron chi connectivity index (χ2n) is 3.24. The van der Waals surface area contributed by atoms with Crippen molar-refractivity contribution in [3.8, 4) is 6.07 Å². The third-order valence-electron chi connectivity index (χ3n) is 2.08. The molecule has 1 aliphatic heterocycles. The zero-order valence-corrected chi connectivity index (χ0v) is 7.92. The fourth-order valence-electron chi connectivity index (χ4n) is 1.15. The normalized spacial score (nSPS) is 19.4. The van der Waals surface area contributed by atoms with Gasteiger partial charge in [-0.1, -0.05) is 19.8 Å². The first-order valence-electron chi connectivity index (χ1n) is 4.73. The average Bonchev–Trinajstić information content (AvgIpc) is 2.91. The van der Waals surface area contributed by atoms with E-state index in [1.54, 1.807) is 0 Å². The lowest BCUT2D eigenvalue weighted by atomic mass is 10.2. The summed E-state index contributed by atoms with van der Waals surface area (Å²) in [6, 6.07) is 1.77. The predicted octanol–water partition coefficient (Wildman–Crippen LogP) is 1.09. The fraction of sp³-hybridized carbons (Fsp3) is 0.778. The molecule has 1 heterocycles. The number of nitriles is 1. The molecule has 0 saturated carbocycles. The Morgan fingerprint density at radius 2 is 2.46 bits per heavy atom. The largest absolute Gasteiger partial charge is 0.338 e. The van der Waals surface area contributed by atoms with E-state index in [1.807, 2.05) is 6.07 Å². The molecule has 4 heteroatoms. The van der Waals surface area contributed by atoms with Crippen molar-refractivity contribution in [1.82, 2.24) is 10.2 Å². The van der Waals surface area contributed by atoms with Crippen molar-refractivity contribution in [2.45, 2.75) is 32.2 Å². The van der Waals surface area contributed by atoms with E-state index < -0.39 is 0 Å². The molecule has 0 spiro atoms. The first kappa shape index (κ1) is 9.85. The molecule has 1 N–H and O–H groups in total. The quantitative estimate of drug-likeness (QED) is 0.521. The number of hydrogen-bond acceptors (Lipinski definition) is 2. The summed E-state index contributed by atoms with van der Waals surface area (Å²) in [7, 11) is 0. The van der Waals surface area contributed by atoms with Crippen LogP contribution < -0.4 is 5.32 Å². The molecule has 0 aromatic heterocycles. The third kappa shape index (κ3) is 2.94. The molecular weight excluding hydrogens is 166 g/mol. The van der Waals surface area contributed by atoms with Gasteiger partial charge in [-0.3, -0.25) is 0 Å². The molecule has 1 fully saturated rings. The Hall–Kier alpha value is -1.24. The van der Waals surface area contributed by atoms with Gasteiger partial charge in [-0.05, 0) is 6.42 Å². The van der Waals surface area contributed by atoms with E-state index in [0.29, 0.717) is 6.54 Å².